The maximum absolute atomic E-state index is 12.1. The van der Waals surface area contributed by atoms with Gasteiger partial charge in [-0.05, 0) is 25.4 Å². The van der Waals surface area contributed by atoms with Gasteiger partial charge in [0.1, 0.15) is 0 Å². The average Bonchev–Trinajstić information content (AvgIpc) is 2.82. The molecule has 1 atom stereocenters. The van der Waals surface area contributed by atoms with Crippen molar-refractivity contribution in [1.82, 2.24) is 10.2 Å². The van der Waals surface area contributed by atoms with E-state index in [1.807, 2.05) is 4.90 Å². The first-order valence-electron chi connectivity index (χ1n) is 6.24. The minimum atomic E-state index is 0. The fourth-order valence-corrected chi connectivity index (χ4v) is 2.03. The predicted molar refractivity (Wildman–Crippen MR) is 73.2 cm³/mol. The van der Waals surface area contributed by atoms with Crippen LogP contribution in [-0.2, 0) is 14.3 Å². The molecular weight excluding hydrogens is 256 g/mol. The van der Waals surface area contributed by atoms with Crippen molar-refractivity contribution in [3.8, 4) is 0 Å². The van der Waals surface area contributed by atoms with Crippen LogP contribution in [0.2, 0.25) is 0 Å². The molecule has 6 heteroatoms. The number of methoxy groups -OCH3 is 2. The van der Waals surface area contributed by atoms with E-state index in [1.54, 1.807) is 14.2 Å². The van der Waals surface area contributed by atoms with Crippen molar-refractivity contribution in [1.29, 1.82) is 0 Å². The summed E-state index contributed by atoms with van der Waals surface area (Å²) < 4.78 is 10.1. The second-order valence-electron chi connectivity index (χ2n) is 4.43. The van der Waals surface area contributed by atoms with E-state index in [1.165, 1.54) is 0 Å². The number of nitrogens with one attached hydrogen (secondary N) is 1. The van der Waals surface area contributed by atoms with Crippen molar-refractivity contribution in [2.24, 2.45) is 5.92 Å². The summed E-state index contributed by atoms with van der Waals surface area (Å²) in [4.78, 5) is 13.9. The Morgan fingerprint density at radius 2 is 1.89 bits per heavy atom. The van der Waals surface area contributed by atoms with E-state index in [-0.39, 0.29) is 18.3 Å². The largest absolute Gasteiger partial charge is 0.383 e. The summed E-state index contributed by atoms with van der Waals surface area (Å²) in [5, 5.41) is 3.28. The van der Waals surface area contributed by atoms with Gasteiger partial charge in [0, 0.05) is 33.7 Å². The topological polar surface area (TPSA) is 50.8 Å². The van der Waals surface area contributed by atoms with E-state index < -0.39 is 0 Å². The fraction of sp³-hybridized carbons (Fsp3) is 0.917. The molecule has 1 saturated heterocycles. The van der Waals surface area contributed by atoms with Gasteiger partial charge in [0.15, 0.2) is 0 Å². The van der Waals surface area contributed by atoms with E-state index in [4.69, 9.17) is 9.47 Å². The van der Waals surface area contributed by atoms with Crippen LogP contribution < -0.4 is 5.32 Å². The quantitative estimate of drug-likeness (QED) is 0.705. The number of amides is 1. The highest BCUT2D eigenvalue weighted by atomic mass is 35.5. The van der Waals surface area contributed by atoms with Crippen LogP contribution in [0.4, 0.5) is 0 Å². The summed E-state index contributed by atoms with van der Waals surface area (Å²) in [5.74, 6) is 0.711. The molecular formula is C12H25ClN2O3. The van der Waals surface area contributed by atoms with Crippen molar-refractivity contribution >= 4 is 18.3 Å². The average molecular weight is 281 g/mol. The highest BCUT2D eigenvalue weighted by Gasteiger charge is 2.21. The molecule has 1 fully saturated rings. The Hall–Kier alpha value is -0.360. The van der Waals surface area contributed by atoms with Crippen LogP contribution in [-0.4, -0.2) is 64.4 Å². The number of carbonyl (C=O) groups excluding carboxylic acids is 1. The van der Waals surface area contributed by atoms with Gasteiger partial charge in [-0.1, -0.05) is 0 Å². The molecule has 0 saturated carbocycles. The molecule has 1 aliphatic rings. The smallest absolute Gasteiger partial charge is 0.223 e. The molecule has 1 N–H and O–H groups in total. The van der Waals surface area contributed by atoms with E-state index in [9.17, 15) is 4.79 Å². The Labute approximate surface area is 116 Å². The molecule has 1 rings (SSSR count). The first-order chi connectivity index (χ1) is 8.27. The van der Waals surface area contributed by atoms with Gasteiger partial charge in [0.05, 0.1) is 13.2 Å². The highest BCUT2D eigenvalue weighted by molar-refractivity contribution is 5.85. The first-order valence-corrected chi connectivity index (χ1v) is 6.24. The molecule has 1 heterocycles. The summed E-state index contributed by atoms with van der Waals surface area (Å²) in [7, 11) is 3.31. The SMILES string of the molecule is COCCN(CCOC)C(=O)CC1CCNC1.Cl. The van der Waals surface area contributed by atoms with Crippen LogP contribution in [0.5, 0.6) is 0 Å². The Bertz CT molecular complexity index is 215. The normalized spacial score (nSPS) is 18.4. The number of hydrogen-bond donors (Lipinski definition) is 1. The second kappa shape index (κ2) is 10.6. The van der Waals surface area contributed by atoms with Gasteiger partial charge in [-0.3, -0.25) is 4.79 Å². The first kappa shape index (κ1) is 17.6. The predicted octanol–water partition coefficient (Wildman–Crippen LogP) is 0.529. The number of halogens is 1. The molecule has 108 valence electrons. The van der Waals surface area contributed by atoms with Gasteiger partial charge in [-0.25, -0.2) is 0 Å². The number of hydrogen-bond acceptors (Lipinski definition) is 4. The lowest BCUT2D eigenvalue weighted by Crippen LogP contribution is -2.37. The van der Waals surface area contributed by atoms with Crippen molar-refractivity contribution in [2.75, 3.05) is 53.6 Å². The van der Waals surface area contributed by atoms with Gasteiger partial charge in [-0.15, -0.1) is 12.4 Å². The van der Waals surface area contributed by atoms with E-state index in [0.29, 0.717) is 38.6 Å². The molecule has 0 spiro atoms. The zero-order valence-corrected chi connectivity index (χ0v) is 12.1. The third kappa shape index (κ3) is 6.54. The lowest BCUT2D eigenvalue weighted by atomic mass is 10.0. The van der Waals surface area contributed by atoms with Crippen LogP contribution in [0.3, 0.4) is 0 Å². The van der Waals surface area contributed by atoms with Gasteiger partial charge in [0.25, 0.3) is 0 Å². The molecule has 18 heavy (non-hydrogen) atoms. The van der Waals surface area contributed by atoms with Gasteiger partial charge in [-0.2, -0.15) is 0 Å². The van der Waals surface area contributed by atoms with Crippen molar-refractivity contribution < 1.29 is 14.3 Å². The van der Waals surface area contributed by atoms with E-state index >= 15 is 0 Å². The van der Waals surface area contributed by atoms with Crippen LogP contribution >= 0.6 is 12.4 Å². The molecule has 1 unspecified atom stereocenters. The molecule has 0 aromatic rings. The molecule has 0 aliphatic carbocycles. The summed E-state index contributed by atoms with van der Waals surface area (Å²) in [6, 6.07) is 0. The van der Waals surface area contributed by atoms with Crippen molar-refractivity contribution in [2.45, 2.75) is 12.8 Å². The highest BCUT2D eigenvalue weighted by Crippen LogP contribution is 2.13. The number of nitrogens with zero attached hydrogens (tertiary/aromatic N) is 1. The van der Waals surface area contributed by atoms with E-state index in [2.05, 4.69) is 5.32 Å². The summed E-state index contributed by atoms with van der Waals surface area (Å²) in [6.45, 7) is 4.47. The minimum Gasteiger partial charge on any atom is -0.383 e. The second-order valence-corrected chi connectivity index (χ2v) is 4.43. The zero-order valence-electron chi connectivity index (χ0n) is 11.3. The summed E-state index contributed by atoms with van der Waals surface area (Å²) in [6.07, 6.45) is 1.74. The molecule has 0 aromatic heterocycles. The maximum atomic E-state index is 12.1. The van der Waals surface area contributed by atoms with Gasteiger partial charge < -0.3 is 19.7 Å². The zero-order chi connectivity index (χ0) is 12.5. The lowest BCUT2D eigenvalue weighted by Gasteiger charge is -2.23. The molecule has 5 nitrogen and oxygen atoms in total. The van der Waals surface area contributed by atoms with Crippen molar-refractivity contribution in [3.05, 3.63) is 0 Å². The Morgan fingerprint density at radius 1 is 1.28 bits per heavy atom. The Balaban J connectivity index is 0.00000289. The number of ether oxygens (including phenoxy) is 2. The summed E-state index contributed by atoms with van der Waals surface area (Å²) in [5.41, 5.74) is 0. The van der Waals surface area contributed by atoms with Crippen molar-refractivity contribution in [3.63, 3.8) is 0 Å². The Kier molecular flexibility index (Phi) is 10.3. The van der Waals surface area contributed by atoms with E-state index in [0.717, 1.165) is 19.5 Å². The third-order valence-corrected chi connectivity index (χ3v) is 3.11. The third-order valence-electron chi connectivity index (χ3n) is 3.11. The molecule has 1 aliphatic heterocycles. The van der Waals surface area contributed by atoms with Crippen LogP contribution in [0.25, 0.3) is 0 Å². The summed E-state index contributed by atoms with van der Waals surface area (Å²) >= 11 is 0. The van der Waals surface area contributed by atoms with Crippen LogP contribution in [0, 0.1) is 5.92 Å². The van der Waals surface area contributed by atoms with Crippen LogP contribution in [0.1, 0.15) is 12.8 Å². The molecule has 0 aromatic carbocycles. The van der Waals surface area contributed by atoms with Gasteiger partial charge in [0.2, 0.25) is 5.91 Å². The lowest BCUT2D eigenvalue weighted by molar-refractivity contribution is -0.133. The van der Waals surface area contributed by atoms with Crippen LogP contribution in [0.15, 0.2) is 0 Å². The monoisotopic (exact) mass is 280 g/mol. The molecule has 0 radical (unpaired) electrons. The molecule has 1 amide bonds. The fourth-order valence-electron chi connectivity index (χ4n) is 2.03. The standard InChI is InChI=1S/C12H24N2O3.ClH/c1-16-7-5-14(6-8-17-2)12(15)9-11-3-4-13-10-11;/h11,13H,3-10H2,1-2H3;1H. The molecule has 0 bridgehead atoms. The minimum absolute atomic E-state index is 0. The number of carbonyl (C=O) groups is 1. The Morgan fingerprint density at radius 3 is 2.33 bits per heavy atom. The number of rotatable bonds is 8. The maximum Gasteiger partial charge on any atom is 0.223 e. The van der Waals surface area contributed by atoms with Gasteiger partial charge >= 0.3 is 0 Å².